The summed E-state index contributed by atoms with van der Waals surface area (Å²) >= 11 is 0. The maximum absolute atomic E-state index is 10.8. The van der Waals surface area contributed by atoms with Crippen LogP contribution in [0.4, 0.5) is 17.1 Å². The quantitative estimate of drug-likeness (QED) is 0.303. The summed E-state index contributed by atoms with van der Waals surface area (Å²) in [6.45, 7) is 7.62. The highest BCUT2D eigenvalue weighted by Gasteiger charge is 2.23. The second-order valence-electron chi connectivity index (χ2n) is 8.25. The fourth-order valence-electron chi connectivity index (χ4n) is 4.11. The molecular formula is C28H27NO4. The first kappa shape index (κ1) is 22.1. The molecule has 0 aliphatic rings. The van der Waals surface area contributed by atoms with Gasteiger partial charge in [-0.3, -0.25) is 0 Å². The van der Waals surface area contributed by atoms with E-state index in [4.69, 9.17) is 4.74 Å². The molecule has 0 unspecified atom stereocenters. The predicted octanol–water partition coefficient (Wildman–Crippen LogP) is 7.30. The zero-order chi connectivity index (χ0) is 23.7. The predicted molar refractivity (Wildman–Crippen MR) is 132 cm³/mol. The largest absolute Gasteiger partial charge is 0.506 e. The minimum Gasteiger partial charge on any atom is -0.506 e. The van der Waals surface area contributed by atoms with Crippen molar-refractivity contribution in [2.45, 2.75) is 27.7 Å². The molecule has 5 heteroatoms. The van der Waals surface area contributed by atoms with Crippen LogP contribution in [-0.4, -0.2) is 15.3 Å². The Morgan fingerprint density at radius 3 is 1.73 bits per heavy atom. The van der Waals surface area contributed by atoms with Gasteiger partial charge in [0.25, 0.3) is 0 Å². The van der Waals surface area contributed by atoms with Crippen molar-refractivity contribution in [1.29, 1.82) is 0 Å². The third-order valence-corrected chi connectivity index (χ3v) is 5.58. The Balaban J connectivity index is 1.88. The summed E-state index contributed by atoms with van der Waals surface area (Å²) in [6, 6.07) is 21.6. The van der Waals surface area contributed by atoms with Crippen molar-refractivity contribution in [1.82, 2.24) is 0 Å². The molecule has 5 nitrogen and oxygen atoms in total. The highest BCUT2D eigenvalue weighted by molar-refractivity contribution is 5.86. The molecule has 0 amide bonds. The maximum Gasteiger partial charge on any atom is 0.171 e. The molecule has 0 radical (unpaired) electrons. The average molecular weight is 442 g/mol. The highest BCUT2D eigenvalue weighted by atomic mass is 16.5. The fraction of sp³-hybridized carbons (Fsp3) is 0.143. The summed E-state index contributed by atoms with van der Waals surface area (Å²) in [5.74, 6) is 1.16. The van der Waals surface area contributed by atoms with Crippen molar-refractivity contribution in [3.8, 4) is 28.7 Å². The van der Waals surface area contributed by atoms with Gasteiger partial charge in [0, 0.05) is 6.07 Å². The molecule has 0 saturated heterocycles. The molecule has 33 heavy (non-hydrogen) atoms. The van der Waals surface area contributed by atoms with Crippen LogP contribution in [0.1, 0.15) is 22.3 Å². The lowest BCUT2D eigenvalue weighted by Gasteiger charge is -2.29. The number of hydrogen-bond donors (Lipinski definition) is 3. The van der Waals surface area contributed by atoms with Crippen LogP contribution in [0.5, 0.6) is 28.7 Å². The molecule has 4 aromatic carbocycles. The molecule has 0 aliphatic heterocycles. The Morgan fingerprint density at radius 2 is 1.18 bits per heavy atom. The van der Waals surface area contributed by atoms with Crippen LogP contribution in [0.25, 0.3) is 0 Å². The molecule has 0 heterocycles. The lowest BCUT2D eigenvalue weighted by atomic mass is 10.1. The molecule has 4 rings (SSSR count). The number of para-hydroxylation sites is 2. The standard InChI is InChI=1S/C28H27NO4/c1-17-14-20(4)28(25(32)15-17)33-22-11-7-10-21(16-22)29(26-18(2)8-5-12-23(26)30)27-19(3)9-6-13-24(27)31/h5-16,30-32H,1-4H3. The normalized spacial score (nSPS) is 10.8. The topological polar surface area (TPSA) is 73.2 Å². The zero-order valence-corrected chi connectivity index (χ0v) is 19.1. The van der Waals surface area contributed by atoms with Gasteiger partial charge in [0.15, 0.2) is 11.5 Å². The van der Waals surface area contributed by atoms with Gasteiger partial charge in [-0.05, 0) is 80.3 Å². The van der Waals surface area contributed by atoms with E-state index in [-0.39, 0.29) is 17.2 Å². The van der Waals surface area contributed by atoms with Crippen molar-refractivity contribution in [2.75, 3.05) is 4.90 Å². The Bertz CT molecular complexity index is 1210. The monoisotopic (exact) mass is 441 g/mol. The summed E-state index contributed by atoms with van der Waals surface area (Å²) < 4.78 is 6.08. The number of rotatable bonds is 5. The SMILES string of the molecule is Cc1cc(C)c(Oc2cccc(N(c3c(C)cccc3O)c3c(C)cccc3O)c2)c(O)c1. The molecule has 0 saturated carbocycles. The summed E-state index contributed by atoms with van der Waals surface area (Å²) in [6.07, 6.45) is 0. The molecule has 0 atom stereocenters. The van der Waals surface area contributed by atoms with E-state index in [1.165, 1.54) is 0 Å². The summed E-state index contributed by atoms with van der Waals surface area (Å²) in [4.78, 5) is 1.82. The minimum atomic E-state index is 0.0721. The second kappa shape index (κ2) is 8.79. The van der Waals surface area contributed by atoms with Gasteiger partial charge in [-0.15, -0.1) is 0 Å². The van der Waals surface area contributed by atoms with E-state index in [0.717, 1.165) is 22.3 Å². The highest BCUT2D eigenvalue weighted by Crippen LogP contribution is 2.47. The van der Waals surface area contributed by atoms with Crippen molar-refractivity contribution in [3.63, 3.8) is 0 Å². The Morgan fingerprint density at radius 1 is 0.606 bits per heavy atom. The van der Waals surface area contributed by atoms with Gasteiger partial charge in [0.05, 0.1) is 17.1 Å². The van der Waals surface area contributed by atoms with Crippen molar-refractivity contribution < 1.29 is 20.1 Å². The Labute approximate surface area is 193 Å². The van der Waals surface area contributed by atoms with Gasteiger partial charge in [0.2, 0.25) is 0 Å². The number of nitrogens with zero attached hydrogens (tertiary/aromatic N) is 1. The van der Waals surface area contributed by atoms with Crippen LogP contribution in [0.3, 0.4) is 0 Å². The lowest BCUT2D eigenvalue weighted by Crippen LogP contribution is -2.13. The summed E-state index contributed by atoms with van der Waals surface area (Å²) in [5.41, 5.74) is 5.27. The van der Waals surface area contributed by atoms with Gasteiger partial charge in [-0.2, -0.15) is 0 Å². The van der Waals surface area contributed by atoms with Gasteiger partial charge >= 0.3 is 0 Å². The van der Waals surface area contributed by atoms with Gasteiger partial charge in [-0.1, -0.05) is 36.4 Å². The van der Waals surface area contributed by atoms with E-state index in [1.807, 2.05) is 69.0 Å². The number of phenols is 3. The summed E-state index contributed by atoms with van der Waals surface area (Å²) in [7, 11) is 0. The summed E-state index contributed by atoms with van der Waals surface area (Å²) in [5, 5.41) is 32.0. The molecule has 0 bridgehead atoms. The van der Waals surface area contributed by atoms with Gasteiger partial charge in [-0.25, -0.2) is 0 Å². The molecule has 4 aromatic rings. The maximum atomic E-state index is 10.8. The molecule has 0 spiro atoms. The fourth-order valence-corrected chi connectivity index (χ4v) is 4.11. The van der Waals surface area contributed by atoms with Crippen molar-refractivity contribution >= 4 is 17.1 Å². The van der Waals surface area contributed by atoms with Crippen LogP contribution in [-0.2, 0) is 0 Å². The third kappa shape index (κ3) is 4.30. The van der Waals surface area contributed by atoms with Gasteiger partial charge in [0.1, 0.15) is 17.2 Å². The van der Waals surface area contributed by atoms with Crippen LogP contribution >= 0.6 is 0 Å². The molecule has 0 fully saturated rings. The molecule has 0 aliphatic carbocycles. The van der Waals surface area contributed by atoms with E-state index < -0.39 is 0 Å². The number of ether oxygens (including phenoxy) is 1. The second-order valence-corrected chi connectivity index (χ2v) is 8.25. The van der Waals surface area contributed by atoms with E-state index in [1.54, 1.807) is 36.4 Å². The number of benzene rings is 4. The molecule has 0 aromatic heterocycles. The molecular weight excluding hydrogens is 414 g/mol. The van der Waals surface area contributed by atoms with Crippen LogP contribution in [0.15, 0.2) is 72.8 Å². The Kier molecular flexibility index (Phi) is 5.88. The third-order valence-electron chi connectivity index (χ3n) is 5.58. The number of aryl methyl sites for hydroxylation is 4. The Hall–Kier alpha value is -4.12. The number of hydrogen-bond acceptors (Lipinski definition) is 5. The van der Waals surface area contributed by atoms with Crippen molar-refractivity contribution in [2.24, 2.45) is 0 Å². The van der Waals surface area contributed by atoms with Gasteiger partial charge < -0.3 is 25.0 Å². The smallest absolute Gasteiger partial charge is 0.171 e. The average Bonchev–Trinajstić information content (AvgIpc) is 2.75. The number of anilines is 3. The lowest BCUT2D eigenvalue weighted by molar-refractivity contribution is 0.408. The van der Waals surface area contributed by atoms with E-state index >= 15 is 0 Å². The first-order chi connectivity index (χ1) is 15.8. The minimum absolute atomic E-state index is 0.0721. The van der Waals surface area contributed by atoms with E-state index in [2.05, 4.69) is 0 Å². The molecule has 168 valence electrons. The van der Waals surface area contributed by atoms with E-state index in [9.17, 15) is 15.3 Å². The van der Waals surface area contributed by atoms with E-state index in [0.29, 0.717) is 28.6 Å². The first-order valence-corrected chi connectivity index (χ1v) is 10.7. The van der Waals surface area contributed by atoms with Crippen LogP contribution in [0.2, 0.25) is 0 Å². The number of phenolic OH excluding ortho intramolecular Hbond substituents is 3. The van der Waals surface area contributed by atoms with Crippen LogP contribution < -0.4 is 9.64 Å². The molecule has 3 N–H and O–H groups in total. The zero-order valence-electron chi connectivity index (χ0n) is 19.1. The van der Waals surface area contributed by atoms with Crippen LogP contribution in [0, 0.1) is 27.7 Å². The first-order valence-electron chi connectivity index (χ1n) is 10.7. The van der Waals surface area contributed by atoms with Crippen molar-refractivity contribution in [3.05, 3.63) is 95.1 Å². The number of aromatic hydroxyl groups is 3.